The molecule has 0 aliphatic heterocycles. The van der Waals surface area contributed by atoms with Gasteiger partial charge in [0.1, 0.15) is 12.4 Å². The highest BCUT2D eigenvalue weighted by atomic mass is 19.1. The van der Waals surface area contributed by atoms with Gasteiger partial charge in [0, 0.05) is 36.3 Å². The minimum absolute atomic E-state index is 0.167. The van der Waals surface area contributed by atoms with Crippen LogP contribution in [0, 0.1) is 11.8 Å². The van der Waals surface area contributed by atoms with Gasteiger partial charge in [-0.3, -0.25) is 14.9 Å². The maximum Gasteiger partial charge on any atom is 0.254 e. The Kier molecular flexibility index (Phi) is 5.90. The van der Waals surface area contributed by atoms with Crippen LogP contribution in [-0.4, -0.2) is 39.6 Å². The van der Waals surface area contributed by atoms with Crippen LogP contribution in [0.15, 0.2) is 30.6 Å². The Morgan fingerprint density at radius 1 is 1.36 bits per heavy atom. The number of aromatic amines is 1. The van der Waals surface area contributed by atoms with E-state index < -0.39 is 6.67 Å². The summed E-state index contributed by atoms with van der Waals surface area (Å²) in [5.74, 6) is 6.23. The third-order valence-electron chi connectivity index (χ3n) is 4.32. The molecule has 0 saturated heterocycles. The monoisotopic (exact) mass is 380 g/mol. The zero-order valence-corrected chi connectivity index (χ0v) is 16.0. The average molecular weight is 380 g/mol. The number of hydrogen-bond acceptors (Lipinski definition) is 4. The van der Waals surface area contributed by atoms with Gasteiger partial charge in [0.15, 0.2) is 0 Å². The molecule has 0 bridgehead atoms. The molecule has 0 unspecified atom stereocenters. The number of carbonyl (C=O) groups is 1. The van der Waals surface area contributed by atoms with E-state index in [1.54, 1.807) is 49.5 Å². The summed E-state index contributed by atoms with van der Waals surface area (Å²) >= 11 is 0. The van der Waals surface area contributed by atoms with Crippen molar-refractivity contribution < 1.29 is 13.9 Å². The van der Waals surface area contributed by atoms with Gasteiger partial charge in [-0.25, -0.2) is 4.39 Å². The Labute approximate surface area is 162 Å². The van der Waals surface area contributed by atoms with E-state index in [0.717, 1.165) is 11.1 Å². The van der Waals surface area contributed by atoms with Crippen molar-refractivity contribution in [1.29, 1.82) is 0 Å². The summed E-state index contributed by atoms with van der Waals surface area (Å²) in [7, 11) is 1.70. The highest BCUT2D eigenvalue weighted by Crippen LogP contribution is 2.23. The van der Waals surface area contributed by atoms with E-state index in [2.05, 4.69) is 27.0 Å². The van der Waals surface area contributed by atoms with Crippen molar-refractivity contribution in [1.82, 2.24) is 20.1 Å². The first-order chi connectivity index (χ1) is 13.6. The van der Waals surface area contributed by atoms with Crippen molar-refractivity contribution in [3.05, 3.63) is 53.0 Å². The molecule has 0 spiro atoms. The van der Waals surface area contributed by atoms with Crippen LogP contribution in [0.4, 0.5) is 4.39 Å². The van der Waals surface area contributed by atoms with E-state index >= 15 is 0 Å². The molecule has 3 rings (SSSR count). The van der Waals surface area contributed by atoms with Crippen molar-refractivity contribution in [2.75, 3.05) is 13.7 Å². The Balaban J connectivity index is 1.86. The SMILES string of the molecule is CC#Cc1ccc(C(=O)N(C)Cc2cnc(CF)c3cn[nH]c23)cc1OCC. The largest absolute Gasteiger partial charge is 0.493 e. The van der Waals surface area contributed by atoms with Gasteiger partial charge in [-0.05, 0) is 32.0 Å². The van der Waals surface area contributed by atoms with Gasteiger partial charge in [0.25, 0.3) is 5.91 Å². The first kappa shape index (κ1) is 19.4. The summed E-state index contributed by atoms with van der Waals surface area (Å²) in [6.45, 7) is 3.75. The molecular formula is C21H21FN4O2. The van der Waals surface area contributed by atoms with Crippen molar-refractivity contribution in [2.24, 2.45) is 0 Å². The molecule has 28 heavy (non-hydrogen) atoms. The van der Waals surface area contributed by atoms with Crippen LogP contribution in [0.3, 0.4) is 0 Å². The predicted octanol–water partition coefficient (Wildman–Crippen LogP) is 3.47. The lowest BCUT2D eigenvalue weighted by Crippen LogP contribution is -2.26. The van der Waals surface area contributed by atoms with Crippen LogP contribution in [0.2, 0.25) is 0 Å². The number of alkyl halides is 1. The van der Waals surface area contributed by atoms with Crippen LogP contribution in [0.5, 0.6) is 5.75 Å². The molecule has 2 heterocycles. The third-order valence-corrected chi connectivity index (χ3v) is 4.32. The van der Waals surface area contributed by atoms with E-state index in [9.17, 15) is 9.18 Å². The van der Waals surface area contributed by atoms with E-state index in [1.807, 2.05) is 6.92 Å². The number of nitrogens with zero attached hydrogens (tertiary/aromatic N) is 3. The summed E-state index contributed by atoms with van der Waals surface area (Å²) in [5.41, 5.74) is 3.02. The Morgan fingerprint density at radius 3 is 2.89 bits per heavy atom. The van der Waals surface area contributed by atoms with Crippen LogP contribution in [0.25, 0.3) is 10.9 Å². The molecule has 0 atom stereocenters. The minimum Gasteiger partial charge on any atom is -0.493 e. The summed E-state index contributed by atoms with van der Waals surface area (Å²) in [5, 5.41) is 7.47. The molecule has 0 aliphatic carbocycles. The highest BCUT2D eigenvalue weighted by molar-refractivity contribution is 5.95. The molecule has 0 saturated carbocycles. The summed E-state index contributed by atoms with van der Waals surface area (Å²) in [4.78, 5) is 18.6. The smallest absolute Gasteiger partial charge is 0.254 e. The van der Waals surface area contributed by atoms with Crippen LogP contribution < -0.4 is 4.74 Å². The van der Waals surface area contributed by atoms with E-state index in [4.69, 9.17) is 4.74 Å². The van der Waals surface area contributed by atoms with Gasteiger partial charge in [0.05, 0.1) is 29.6 Å². The second-order valence-electron chi connectivity index (χ2n) is 6.20. The fourth-order valence-corrected chi connectivity index (χ4v) is 2.98. The minimum atomic E-state index is -0.668. The molecule has 144 valence electrons. The number of hydrogen-bond donors (Lipinski definition) is 1. The molecular weight excluding hydrogens is 359 g/mol. The Hall–Kier alpha value is -3.40. The number of halogens is 1. The molecule has 6 nitrogen and oxygen atoms in total. The summed E-state index contributed by atoms with van der Waals surface area (Å²) < 4.78 is 18.7. The van der Waals surface area contributed by atoms with Gasteiger partial charge in [0.2, 0.25) is 0 Å². The van der Waals surface area contributed by atoms with Gasteiger partial charge in [-0.1, -0.05) is 5.92 Å². The maximum atomic E-state index is 13.1. The summed E-state index contributed by atoms with van der Waals surface area (Å²) in [6.07, 6.45) is 3.12. The number of ether oxygens (including phenoxy) is 1. The molecule has 2 aromatic heterocycles. The van der Waals surface area contributed by atoms with Crippen LogP contribution in [0.1, 0.15) is 41.0 Å². The zero-order chi connectivity index (χ0) is 20.1. The van der Waals surface area contributed by atoms with Crippen molar-refractivity contribution in [3.8, 4) is 17.6 Å². The number of benzene rings is 1. The number of aromatic nitrogens is 3. The molecule has 0 fully saturated rings. The number of H-pyrrole nitrogens is 1. The zero-order valence-electron chi connectivity index (χ0n) is 16.0. The molecule has 1 N–H and O–H groups in total. The fraction of sp³-hybridized carbons (Fsp3) is 0.286. The van der Waals surface area contributed by atoms with Gasteiger partial charge in [-0.2, -0.15) is 5.10 Å². The number of amides is 1. The molecule has 0 aliphatic rings. The molecule has 1 amide bonds. The van der Waals surface area contributed by atoms with Gasteiger partial charge >= 0.3 is 0 Å². The number of rotatable bonds is 6. The van der Waals surface area contributed by atoms with Crippen molar-refractivity contribution >= 4 is 16.8 Å². The first-order valence-corrected chi connectivity index (χ1v) is 8.89. The lowest BCUT2D eigenvalue weighted by Gasteiger charge is -2.18. The Bertz CT molecular complexity index is 1070. The molecule has 7 heteroatoms. The third kappa shape index (κ3) is 3.81. The molecule has 0 radical (unpaired) electrons. The number of pyridine rings is 1. The Morgan fingerprint density at radius 2 is 2.18 bits per heavy atom. The van der Waals surface area contributed by atoms with Gasteiger partial charge < -0.3 is 9.64 Å². The normalized spacial score (nSPS) is 10.4. The first-order valence-electron chi connectivity index (χ1n) is 8.89. The topological polar surface area (TPSA) is 71.1 Å². The van der Waals surface area contributed by atoms with E-state index in [0.29, 0.717) is 41.1 Å². The van der Waals surface area contributed by atoms with Crippen LogP contribution in [-0.2, 0) is 13.2 Å². The second-order valence-corrected chi connectivity index (χ2v) is 6.20. The quantitative estimate of drug-likeness (QED) is 0.665. The van der Waals surface area contributed by atoms with Gasteiger partial charge in [-0.15, -0.1) is 5.92 Å². The van der Waals surface area contributed by atoms with Crippen molar-refractivity contribution in [3.63, 3.8) is 0 Å². The molecule has 3 aromatic rings. The fourth-order valence-electron chi connectivity index (χ4n) is 2.98. The number of nitrogens with one attached hydrogen (secondary N) is 1. The maximum absolute atomic E-state index is 13.1. The number of fused-ring (bicyclic) bond motifs is 1. The van der Waals surface area contributed by atoms with E-state index in [-0.39, 0.29) is 5.91 Å². The second kappa shape index (κ2) is 8.53. The standard InChI is InChI=1S/C21H21FN4O2/c1-4-6-14-7-8-15(9-19(14)28-5-2)21(27)26(3)13-16-11-23-18(10-22)17-12-24-25-20(16)17/h7-9,11-12H,5,10,13H2,1-3H3,(H,24,25). The summed E-state index contributed by atoms with van der Waals surface area (Å²) in [6, 6.07) is 5.22. The lowest BCUT2D eigenvalue weighted by atomic mass is 10.1. The highest BCUT2D eigenvalue weighted by Gasteiger charge is 2.17. The van der Waals surface area contributed by atoms with E-state index in [1.165, 1.54) is 0 Å². The average Bonchev–Trinajstić information content (AvgIpc) is 3.19. The lowest BCUT2D eigenvalue weighted by molar-refractivity contribution is 0.0785. The molecule has 1 aromatic carbocycles. The predicted molar refractivity (Wildman–Crippen MR) is 105 cm³/mol. The number of carbonyl (C=O) groups excluding carboxylic acids is 1. The van der Waals surface area contributed by atoms with Crippen molar-refractivity contribution in [2.45, 2.75) is 27.1 Å². The van der Waals surface area contributed by atoms with Crippen LogP contribution >= 0.6 is 0 Å².